The number of benzene rings is 1. The van der Waals surface area contributed by atoms with E-state index in [4.69, 9.17) is 0 Å². The number of rotatable bonds is 3. The summed E-state index contributed by atoms with van der Waals surface area (Å²) in [5.74, 6) is 0. The Morgan fingerprint density at radius 2 is 1.62 bits per heavy atom. The van der Waals surface area contributed by atoms with Crippen molar-refractivity contribution >= 4 is 38.6 Å². The van der Waals surface area contributed by atoms with Gasteiger partial charge in [-0.15, -0.1) is 22.7 Å². The van der Waals surface area contributed by atoms with Crippen LogP contribution < -0.4 is 0 Å². The Labute approximate surface area is 141 Å². The molecule has 1 fully saturated rings. The van der Waals surface area contributed by atoms with E-state index in [1.54, 1.807) is 11.3 Å². The van der Waals surface area contributed by atoms with Crippen molar-refractivity contribution in [2.75, 3.05) is 13.6 Å². The topological polar surface area (TPSA) is 3.01 Å². The molecule has 1 aliphatic heterocycles. The van der Waals surface area contributed by atoms with Gasteiger partial charge in [0.1, 0.15) is 0 Å². The van der Waals surface area contributed by atoms with Crippen LogP contribution in [0.3, 0.4) is 0 Å². The molecule has 4 rings (SSSR count). The quantitative estimate of drug-likeness (QED) is 0.515. The van der Waals surface area contributed by atoms with Crippen LogP contribution in [0.15, 0.2) is 52.3 Å². The minimum Gasteiger partial charge on any atom is -0.296 e. The predicted molar refractivity (Wildman–Crippen MR) is 96.1 cm³/mol. The molecule has 2 aromatic heterocycles. The van der Waals surface area contributed by atoms with Gasteiger partial charge < -0.3 is 0 Å². The Morgan fingerprint density at radius 1 is 0.952 bits per heavy atom. The Morgan fingerprint density at radius 3 is 2.33 bits per heavy atom. The average molecular weight is 376 g/mol. The number of nitrogens with zero attached hydrogens (tertiary/aromatic N) is 1. The molecule has 106 valence electrons. The van der Waals surface area contributed by atoms with Crippen LogP contribution in [0.5, 0.6) is 0 Å². The summed E-state index contributed by atoms with van der Waals surface area (Å²) in [7, 11) is 2.18. The lowest BCUT2D eigenvalue weighted by molar-refractivity contribution is 0.632. The minimum absolute atomic E-state index is 0.600. The third-order valence-corrected chi connectivity index (χ3v) is 6.80. The molecule has 1 aliphatic rings. The molecular formula is C17H14BrNS2. The second-order valence-electron chi connectivity index (χ2n) is 5.31. The molecule has 0 spiro atoms. The molecule has 21 heavy (non-hydrogen) atoms. The van der Waals surface area contributed by atoms with Crippen molar-refractivity contribution in [1.82, 2.24) is 4.90 Å². The highest BCUT2D eigenvalue weighted by atomic mass is 79.9. The summed E-state index contributed by atoms with van der Waals surface area (Å²) < 4.78 is 1.19. The van der Waals surface area contributed by atoms with Crippen molar-refractivity contribution in [3.05, 3.63) is 57.9 Å². The molecule has 0 N–H and O–H groups in total. The van der Waals surface area contributed by atoms with Gasteiger partial charge in [0.25, 0.3) is 0 Å². The highest BCUT2D eigenvalue weighted by Gasteiger charge is 2.33. The summed E-state index contributed by atoms with van der Waals surface area (Å²) in [4.78, 5) is 6.42. The first-order valence-corrected chi connectivity index (χ1v) is 9.30. The second-order valence-corrected chi connectivity index (χ2v) is 8.86. The van der Waals surface area contributed by atoms with Gasteiger partial charge in [0, 0.05) is 27.2 Å². The number of thiophene rings is 2. The van der Waals surface area contributed by atoms with Crippen LogP contribution in [-0.2, 0) is 0 Å². The van der Waals surface area contributed by atoms with Crippen molar-refractivity contribution in [1.29, 1.82) is 0 Å². The summed E-state index contributed by atoms with van der Waals surface area (Å²) in [5, 5.41) is 0. The molecule has 1 saturated heterocycles. The third-order valence-electron chi connectivity index (χ3n) is 3.87. The molecule has 0 aliphatic carbocycles. The molecule has 0 saturated carbocycles. The lowest BCUT2D eigenvalue weighted by Crippen LogP contribution is -1.90. The third kappa shape index (κ3) is 2.61. The fourth-order valence-corrected chi connectivity index (χ4v) is 5.16. The zero-order valence-corrected chi connectivity index (χ0v) is 14.8. The summed E-state index contributed by atoms with van der Waals surface area (Å²) in [6.45, 7) is 1.17. The summed E-state index contributed by atoms with van der Waals surface area (Å²) >= 11 is 7.22. The van der Waals surface area contributed by atoms with E-state index < -0.39 is 0 Å². The Kier molecular flexibility index (Phi) is 3.50. The number of hydrogen-bond acceptors (Lipinski definition) is 3. The van der Waals surface area contributed by atoms with Crippen molar-refractivity contribution in [2.24, 2.45) is 0 Å². The van der Waals surface area contributed by atoms with E-state index in [0.29, 0.717) is 6.04 Å². The maximum Gasteiger partial charge on any atom is 0.0705 e. The van der Waals surface area contributed by atoms with Crippen LogP contribution in [0.25, 0.3) is 20.2 Å². The highest BCUT2D eigenvalue weighted by Crippen LogP contribution is 2.43. The first-order valence-electron chi connectivity index (χ1n) is 6.87. The molecule has 3 aromatic rings. The van der Waals surface area contributed by atoms with Gasteiger partial charge in [-0.25, -0.2) is 0 Å². The van der Waals surface area contributed by atoms with Crippen LogP contribution in [0.4, 0.5) is 0 Å². The maximum atomic E-state index is 3.54. The van der Waals surface area contributed by atoms with E-state index in [1.165, 1.54) is 36.1 Å². The van der Waals surface area contributed by atoms with Crippen LogP contribution >= 0.6 is 38.6 Å². The maximum absolute atomic E-state index is 3.54. The van der Waals surface area contributed by atoms with Crippen LogP contribution in [0, 0.1) is 0 Å². The average Bonchev–Trinajstić information content (AvgIpc) is 2.92. The van der Waals surface area contributed by atoms with Crippen molar-refractivity contribution < 1.29 is 0 Å². The molecule has 0 radical (unpaired) electrons. The lowest BCUT2D eigenvalue weighted by atomic mass is 10.0. The first kappa shape index (κ1) is 13.7. The number of hydrogen-bond donors (Lipinski definition) is 0. The first-order chi connectivity index (χ1) is 10.2. The normalized spacial score (nSPS) is 20.7. The fraction of sp³-hybridized carbons (Fsp3) is 0.176. The van der Waals surface area contributed by atoms with Crippen LogP contribution in [0.2, 0.25) is 0 Å². The SMILES string of the molecule is CN1CC1c1ccccc1-c1ccc(-c2ccc(Br)s2)s1. The smallest absolute Gasteiger partial charge is 0.0705 e. The summed E-state index contributed by atoms with van der Waals surface area (Å²) in [6.07, 6.45) is 0. The summed E-state index contributed by atoms with van der Waals surface area (Å²) in [5.41, 5.74) is 2.85. The van der Waals surface area contributed by atoms with Gasteiger partial charge in [-0.2, -0.15) is 0 Å². The summed E-state index contributed by atoms with van der Waals surface area (Å²) in [6, 6.07) is 18.2. The van der Waals surface area contributed by atoms with E-state index >= 15 is 0 Å². The van der Waals surface area contributed by atoms with Gasteiger partial charge in [-0.05, 0) is 58.4 Å². The van der Waals surface area contributed by atoms with Crippen molar-refractivity contribution in [2.45, 2.75) is 6.04 Å². The molecule has 4 heteroatoms. The molecule has 0 bridgehead atoms. The largest absolute Gasteiger partial charge is 0.296 e. The van der Waals surface area contributed by atoms with E-state index in [1.807, 2.05) is 11.3 Å². The molecule has 1 aromatic carbocycles. The van der Waals surface area contributed by atoms with Gasteiger partial charge in [0.05, 0.1) is 3.79 Å². The molecule has 1 nitrogen and oxygen atoms in total. The Balaban J connectivity index is 1.73. The molecule has 3 heterocycles. The van der Waals surface area contributed by atoms with Crippen molar-refractivity contribution in [3.8, 4) is 20.2 Å². The molecule has 0 amide bonds. The monoisotopic (exact) mass is 375 g/mol. The lowest BCUT2D eigenvalue weighted by Gasteiger charge is -2.06. The number of halogens is 1. The second kappa shape index (κ2) is 5.36. The Hall–Kier alpha value is -0.940. The molecule has 2 atom stereocenters. The molecular weight excluding hydrogens is 362 g/mol. The fourth-order valence-electron chi connectivity index (χ4n) is 2.64. The van der Waals surface area contributed by atoms with Gasteiger partial charge in [0.15, 0.2) is 0 Å². The van der Waals surface area contributed by atoms with E-state index in [2.05, 4.69) is 76.4 Å². The van der Waals surface area contributed by atoms with Gasteiger partial charge in [0.2, 0.25) is 0 Å². The highest BCUT2D eigenvalue weighted by molar-refractivity contribution is 9.11. The van der Waals surface area contributed by atoms with Crippen LogP contribution in [-0.4, -0.2) is 18.5 Å². The van der Waals surface area contributed by atoms with Gasteiger partial charge >= 0.3 is 0 Å². The predicted octanol–water partition coefficient (Wildman–Crippen LogP) is 5.89. The minimum atomic E-state index is 0.600. The Bertz CT molecular complexity index is 789. The van der Waals surface area contributed by atoms with Crippen molar-refractivity contribution in [3.63, 3.8) is 0 Å². The standard InChI is InChI=1S/C17H14BrNS2/c1-19-10-13(19)11-4-2-3-5-12(11)14-6-7-15(20-14)16-8-9-17(18)21-16/h2-9,13H,10H2,1H3. The molecule has 2 unspecified atom stereocenters. The van der Waals surface area contributed by atoms with E-state index in [0.717, 1.165) is 0 Å². The van der Waals surface area contributed by atoms with E-state index in [-0.39, 0.29) is 0 Å². The number of likely N-dealkylation sites (N-methyl/N-ethyl adjacent to an activating group) is 1. The van der Waals surface area contributed by atoms with Crippen LogP contribution in [0.1, 0.15) is 11.6 Å². The van der Waals surface area contributed by atoms with Gasteiger partial charge in [-0.3, -0.25) is 4.90 Å². The van der Waals surface area contributed by atoms with E-state index in [9.17, 15) is 0 Å². The van der Waals surface area contributed by atoms with Gasteiger partial charge in [-0.1, -0.05) is 24.3 Å². The zero-order valence-electron chi connectivity index (χ0n) is 11.5. The zero-order chi connectivity index (χ0) is 14.4.